The van der Waals surface area contributed by atoms with Gasteiger partial charge < -0.3 is 10.6 Å². The number of thioether (sulfide) groups is 1. The first kappa shape index (κ1) is 22.1. The second kappa shape index (κ2) is 9.66. The van der Waals surface area contributed by atoms with Crippen molar-refractivity contribution in [1.82, 2.24) is 24.7 Å². The van der Waals surface area contributed by atoms with Gasteiger partial charge in [-0.1, -0.05) is 41.6 Å². The Bertz CT molecular complexity index is 1360. The summed E-state index contributed by atoms with van der Waals surface area (Å²) in [5, 5.41) is 12.2. The molecule has 170 valence electrons. The predicted molar refractivity (Wildman–Crippen MR) is 133 cm³/mol. The summed E-state index contributed by atoms with van der Waals surface area (Å²) >= 11 is 7.79. The SMILES string of the molecule is CC1=C(C(=O)Nc2cccnc2)[C@@H](c2ccncc2)n2nc(SCc3ccccc3Cl)nc2N1. The van der Waals surface area contributed by atoms with Gasteiger partial charge in [-0.05, 0) is 48.4 Å². The van der Waals surface area contributed by atoms with E-state index in [1.807, 2.05) is 43.3 Å². The molecule has 4 aromatic rings. The number of hydrogen-bond acceptors (Lipinski definition) is 7. The third-order valence-corrected chi connectivity index (χ3v) is 6.59. The molecule has 3 aromatic heterocycles. The van der Waals surface area contributed by atoms with Crippen LogP contribution in [0, 0.1) is 0 Å². The number of fused-ring (bicyclic) bond motifs is 1. The lowest BCUT2D eigenvalue weighted by molar-refractivity contribution is -0.113. The summed E-state index contributed by atoms with van der Waals surface area (Å²) < 4.78 is 1.75. The summed E-state index contributed by atoms with van der Waals surface area (Å²) in [6, 6.07) is 14.6. The molecule has 0 aliphatic carbocycles. The Balaban J connectivity index is 1.48. The van der Waals surface area contributed by atoms with Gasteiger partial charge in [-0.15, -0.1) is 5.10 Å². The number of amides is 1. The highest BCUT2D eigenvalue weighted by Gasteiger charge is 2.34. The van der Waals surface area contributed by atoms with Crippen molar-refractivity contribution >= 4 is 40.9 Å². The molecule has 8 nitrogen and oxygen atoms in total. The van der Waals surface area contributed by atoms with Crippen molar-refractivity contribution in [2.75, 3.05) is 10.6 Å². The van der Waals surface area contributed by atoms with Gasteiger partial charge in [-0.3, -0.25) is 14.8 Å². The second-order valence-corrected chi connectivity index (χ2v) is 8.93. The van der Waals surface area contributed by atoms with E-state index in [1.54, 1.807) is 41.6 Å². The van der Waals surface area contributed by atoms with Crippen molar-refractivity contribution in [1.29, 1.82) is 0 Å². The van der Waals surface area contributed by atoms with Crippen LogP contribution in [-0.2, 0) is 10.5 Å². The topological polar surface area (TPSA) is 97.6 Å². The van der Waals surface area contributed by atoms with Gasteiger partial charge in [0.2, 0.25) is 11.1 Å². The van der Waals surface area contributed by atoms with Crippen LogP contribution < -0.4 is 10.6 Å². The minimum atomic E-state index is -0.474. The van der Waals surface area contributed by atoms with Gasteiger partial charge in [0.25, 0.3) is 5.91 Å². The lowest BCUT2D eigenvalue weighted by Gasteiger charge is -2.28. The maximum absolute atomic E-state index is 13.4. The maximum atomic E-state index is 13.4. The molecule has 0 unspecified atom stereocenters. The zero-order valence-corrected chi connectivity index (χ0v) is 19.7. The maximum Gasteiger partial charge on any atom is 0.255 e. The van der Waals surface area contributed by atoms with Crippen molar-refractivity contribution in [2.24, 2.45) is 0 Å². The molecular formula is C24H20ClN7OS. The molecule has 1 aliphatic heterocycles. The van der Waals surface area contributed by atoms with Crippen LogP contribution in [-0.4, -0.2) is 30.6 Å². The van der Waals surface area contributed by atoms with Gasteiger partial charge in [-0.2, -0.15) is 4.98 Å². The molecule has 0 saturated carbocycles. The van der Waals surface area contributed by atoms with Crippen LogP contribution in [0.25, 0.3) is 0 Å². The van der Waals surface area contributed by atoms with Crippen LogP contribution in [0.1, 0.15) is 24.1 Å². The van der Waals surface area contributed by atoms with Gasteiger partial charge in [0, 0.05) is 35.1 Å². The lowest BCUT2D eigenvalue weighted by Crippen LogP contribution is -2.31. The summed E-state index contributed by atoms with van der Waals surface area (Å²) in [7, 11) is 0. The van der Waals surface area contributed by atoms with E-state index in [9.17, 15) is 4.79 Å². The predicted octanol–water partition coefficient (Wildman–Crippen LogP) is 4.94. The molecule has 0 bridgehead atoms. The summed E-state index contributed by atoms with van der Waals surface area (Å²) in [5.41, 5.74) is 3.73. The molecule has 1 amide bonds. The first-order chi connectivity index (χ1) is 16.6. The van der Waals surface area contributed by atoms with E-state index in [2.05, 4.69) is 25.6 Å². The number of nitrogens with one attached hydrogen (secondary N) is 2. The van der Waals surface area contributed by atoms with E-state index < -0.39 is 6.04 Å². The van der Waals surface area contributed by atoms with Gasteiger partial charge >= 0.3 is 0 Å². The van der Waals surface area contributed by atoms with Gasteiger partial charge in [0.15, 0.2) is 0 Å². The fourth-order valence-corrected chi connectivity index (χ4v) is 4.85. The van der Waals surface area contributed by atoms with Crippen molar-refractivity contribution in [3.63, 3.8) is 0 Å². The van der Waals surface area contributed by atoms with E-state index in [-0.39, 0.29) is 5.91 Å². The lowest BCUT2D eigenvalue weighted by atomic mass is 9.96. The normalized spacial score (nSPS) is 14.9. The summed E-state index contributed by atoms with van der Waals surface area (Å²) in [6.07, 6.45) is 6.67. The van der Waals surface area contributed by atoms with E-state index in [4.69, 9.17) is 16.7 Å². The summed E-state index contributed by atoms with van der Waals surface area (Å²) in [4.78, 5) is 26.3. The molecular weight excluding hydrogens is 470 g/mol. The quantitative estimate of drug-likeness (QED) is 0.370. The number of carbonyl (C=O) groups is 1. The number of hydrogen-bond donors (Lipinski definition) is 2. The molecule has 34 heavy (non-hydrogen) atoms. The van der Waals surface area contributed by atoms with Crippen molar-refractivity contribution < 1.29 is 4.79 Å². The van der Waals surface area contributed by atoms with Crippen molar-refractivity contribution in [3.8, 4) is 0 Å². The Hall–Kier alpha value is -3.69. The monoisotopic (exact) mass is 489 g/mol. The molecule has 10 heteroatoms. The van der Waals surface area contributed by atoms with Gasteiger partial charge in [0.05, 0.1) is 17.5 Å². The molecule has 1 aromatic carbocycles. The average molecular weight is 490 g/mol. The molecule has 1 atom stereocenters. The fraction of sp³-hybridized carbons (Fsp3) is 0.125. The number of anilines is 2. The molecule has 0 radical (unpaired) electrons. The molecule has 4 heterocycles. The molecule has 1 aliphatic rings. The van der Waals surface area contributed by atoms with E-state index in [0.717, 1.165) is 11.1 Å². The van der Waals surface area contributed by atoms with E-state index in [1.165, 1.54) is 11.8 Å². The Morgan fingerprint density at radius 1 is 1.12 bits per heavy atom. The minimum absolute atomic E-state index is 0.244. The smallest absolute Gasteiger partial charge is 0.255 e. The molecule has 5 rings (SSSR count). The Morgan fingerprint density at radius 2 is 1.94 bits per heavy atom. The first-order valence-electron chi connectivity index (χ1n) is 10.5. The van der Waals surface area contributed by atoms with Crippen LogP contribution in [0.4, 0.5) is 11.6 Å². The molecule has 0 saturated heterocycles. The third-order valence-electron chi connectivity index (χ3n) is 5.33. The fourth-order valence-electron chi connectivity index (χ4n) is 3.73. The highest BCUT2D eigenvalue weighted by atomic mass is 35.5. The number of allylic oxidation sites excluding steroid dienone is 1. The first-order valence-corrected chi connectivity index (χ1v) is 11.9. The van der Waals surface area contributed by atoms with Crippen molar-refractivity contribution in [3.05, 3.63) is 101 Å². The third kappa shape index (κ3) is 4.52. The number of nitrogens with zero attached hydrogens (tertiary/aromatic N) is 5. The van der Waals surface area contributed by atoms with Gasteiger partial charge in [-0.25, -0.2) is 4.68 Å². The van der Waals surface area contributed by atoms with E-state index in [0.29, 0.717) is 38.8 Å². The average Bonchev–Trinajstić information content (AvgIpc) is 3.26. The summed E-state index contributed by atoms with van der Waals surface area (Å²) in [5.74, 6) is 0.953. The minimum Gasteiger partial charge on any atom is -0.328 e. The van der Waals surface area contributed by atoms with Crippen molar-refractivity contribution in [2.45, 2.75) is 23.9 Å². The van der Waals surface area contributed by atoms with E-state index >= 15 is 0 Å². The number of carbonyl (C=O) groups excluding carboxylic acids is 1. The number of halogens is 1. The standard InChI is InChI=1S/C24H20ClN7OS/c1-15-20(22(33)29-18-6-4-10-27-13-18)21(16-8-11-26-12-9-16)32-23(28-15)30-24(31-32)34-14-17-5-2-3-7-19(17)25/h2-13,21H,14H2,1H3,(H,29,33)(H,28,30,31)/t21-/m1/s1. The van der Waals surface area contributed by atoms with Crippen LogP contribution in [0.3, 0.4) is 0 Å². The molecule has 2 N–H and O–H groups in total. The van der Waals surface area contributed by atoms with Gasteiger partial charge in [0.1, 0.15) is 6.04 Å². The highest BCUT2D eigenvalue weighted by molar-refractivity contribution is 7.98. The zero-order valence-electron chi connectivity index (χ0n) is 18.1. The second-order valence-electron chi connectivity index (χ2n) is 7.59. The number of aromatic nitrogens is 5. The Labute approximate surface area is 205 Å². The van der Waals surface area contributed by atoms with Crippen LogP contribution >= 0.6 is 23.4 Å². The number of rotatable bonds is 6. The summed E-state index contributed by atoms with van der Waals surface area (Å²) in [6.45, 7) is 1.86. The molecule has 0 spiro atoms. The largest absolute Gasteiger partial charge is 0.328 e. The Kier molecular flexibility index (Phi) is 6.29. The Morgan fingerprint density at radius 3 is 2.71 bits per heavy atom. The highest BCUT2D eigenvalue weighted by Crippen LogP contribution is 2.37. The molecule has 0 fully saturated rings. The van der Waals surface area contributed by atoms with Crippen LogP contribution in [0.2, 0.25) is 5.02 Å². The van der Waals surface area contributed by atoms with Crippen LogP contribution in [0.15, 0.2) is 89.7 Å². The zero-order chi connectivity index (χ0) is 23.5. The number of pyridine rings is 2. The van der Waals surface area contributed by atoms with Crippen LogP contribution in [0.5, 0.6) is 0 Å². The number of benzene rings is 1.